The first-order valence-corrected chi connectivity index (χ1v) is 5.93. The van der Waals surface area contributed by atoms with Gasteiger partial charge in [0.2, 0.25) is 0 Å². The van der Waals surface area contributed by atoms with E-state index in [-0.39, 0.29) is 6.10 Å². The van der Waals surface area contributed by atoms with Gasteiger partial charge in [0.05, 0.1) is 11.0 Å². The largest absolute Gasteiger partial charge is 0.384 e. The van der Waals surface area contributed by atoms with Gasteiger partial charge < -0.3 is 15.6 Å². The first kappa shape index (κ1) is 10.9. The van der Waals surface area contributed by atoms with Gasteiger partial charge in [-0.25, -0.2) is 4.98 Å². The minimum Gasteiger partial charge on any atom is -0.384 e. The summed E-state index contributed by atoms with van der Waals surface area (Å²) in [7, 11) is 1.72. The maximum atomic E-state index is 10.4. The van der Waals surface area contributed by atoms with E-state index in [9.17, 15) is 5.11 Å². The molecule has 1 aromatic rings. The Bertz CT molecular complexity index is 332. The van der Waals surface area contributed by atoms with Crippen molar-refractivity contribution in [2.45, 2.75) is 37.4 Å². The molecule has 1 aliphatic carbocycles. The van der Waals surface area contributed by atoms with Crippen molar-refractivity contribution < 1.29 is 9.84 Å². The lowest BCUT2D eigenvalue weighted by atomic mass is 9.82. The van der Waals surface area contributed by atoms with E-state index in [4.69, 9.17) is 10.5 Å². The third kappa shape index (κ3) is 2.14. The average Bonchev–Trinajstić information content (AvgIpc) is 2.67. The lowest BCUT2D eigenvalue weighted by Gasteiger charge is -2.34. The number of anilines is 1. The summed E-state index contributed by atoms with van der Waals surface area (Å²) >= 11 is 1.38. The van der Waals surface area contributed by atoms with Crippen LogP contribution in [0, 0.1) is 0 Å². The smallest absolute Gasteiger partial charge is 0.180 e. The number of nitrogens with two attached hydrogens (primary N) is 1. The molecule has 15 heavy (non-hydrogen) atoms. The number of methoxy groups -OCH3 is 1. The molecule has 3 N–H and O–H groups in total. The van der Waals surface area contributed by atoms with Gasteiger partial charge in [0.15, 0.2) is 5.13 Å². The van der Waals surface area contributed by atoms with Crippen molar-refractivity contribution in [3.05, 3.63) is 11.1 Å². The molecular weight excluding hydrogens is 212 g/mol. The van der Waals surface area contributed by atoms with Crippen molar-refractivity contribution in [1.82, 2.24) is 4.98 Å². The van der Waals surface area contributed by atoms with E-state index >= 15 is 0 Å². The van der Waals surface area contributed by atoms with Crippen LogP contribution in [0.15, 0.2) is 6.20 Å². The van der Waals surface area contributed by atoms with Crippen LogP contribution in [0.5, 0.6) is 0 Å². The predicted octanol–water partition coefficient (Wildman–Crippen LogP) is 1.50. The van der Waals surface area contributed by atoms with Crippen LogP contribution in [0.3, 0.4) is 0 Å². The second-order valence-corrected chi connectivity index (χ2v) is 5.09. The molecule has 1 aromatic heterocycles. The SMILES string of the molecule is COC1CCC(O)(c2cnc(N)s2)CC1. The number of rotatable bonds is 2. The highest BCUT2D eigenvalue weighted by molar-refractivity contribution is 7.15. The van der Waals surface area contributed by atoms with E-state index in [2.05, 4.69) is 4.98 Å². The van der Waals surface area contributed by atoms with Crippen LogP contribution in [-0.4, -0.2) is 23.3 Å². The molecule has 2 rings (SSSR count). The van der Waals surface area contributed by atoms with Gasteiger partial charge in [-0.15, -0.1) is 0 Å². The van der Waals surface area contributed by atoms with E-state index in [1.165, 1.54) is 11.3 Å². The van der Waals surface area contributed by atoms with Gasteiger partial charge in [-0.3, -0.25) is 0 Å². The molecule has 0 aliphatic heterocycles. The van der Waals surface area contributed by atoms with E-state index in [0.29, 0.717) is 5.13 Å². The number of nitrogens with zero attached hydrogens (tertiary/aromatic N) is 1. The van der Waals surface area contributed by atoms with Crippen LogP contribution >= 0.6 is 11.3 Å². The first-order valence-electron chi connectivity index (χ1n) is 5.11. The average molecular weight is 228 g/mol. The summed E-state index contributed by atoms with van der Waals surface area (Å²) in [5.41, 5.74) is 4.84. The number of aromatic nitrogens is 1. The molecule has 4 nitrogen and oxygen atoms in total. The summed E-state index contributed by atoms with van der Waals surface area (Å²) in [6.45, 7) is 0. The Morgan fingerprint density at radius 1 is 1.60 bits per heavy atom. The maximum absolute atomic E-state index is 10.4. The molecule has 0 unspecified atom stereocenters. The summed E-state index contributed by atoms with van der Waals surface area (Å²) in [6.07, 6.45) is 5.22. The van der Waals surface area contributed by atoms with Crippen molar-refractivity contribution >= 4 is 16.5 Å². The normalized spacial score (nSPS) is 31.7. The van der Waals surface area contributed by atoms with Crippen LogP contribution in [0.4, 0.5) is 5.13 Å². The van der Waals surface area contributed by atoms with Crippen LogP contribution in [0.2, 0.25) is 0 Å². The topological polar surface area (TPSA) is 68.4 Å². The number of nitrogen functional groups attached to an aromatic ring is 1. The quantitative estimate of drug-likeness (QED) is 0.805. The van der Waals surface area contributed by atoms with E-state index in [1.54, 1.807) is 13.3 Å². The van der Waals surface area contributed by atoms with Crippen LogP contribution in [0.1, 0.15) is 30.6 Å². The monoisotopic (exact) mass is 228 g/mol. The number of hydrogen-bond acceptors (Lipinski definition) is 5. The summed E-state index contributed by atoms with van der Waals surface area (Å²) in [6, 6.07) is 0. The van der Waals surface area contributed by atoms with Crippen molar-refractivity contribution in [1.29, 1.82) is 0 Å². The minimum absolute atomic E-state index is 0.288. The molecule has 1 fully saturated rings. The number of thiazole rings is 1. The van der Waals surface area contributed by atoms with E-state index in [1.807, 2.05) is 0 Å². The third-order valence-electron chi connectivity index (χ3n) is 3.08. The minimum atomic E-state index is -0.732. The van der Waals surface area contributed by atoms with Gasteiger partial charge in [-0.1, -0.05) is 11.3 Å². The molecule has 1 heterocycles. The molecule has 0 aromatic carbocycles. The summed E-state index contributed by atoms with van der Waals surface area (Å²) in [4.78, 5) is 4.87. The highest BCUT2D eigenvalue weighted by Gasteiger charge is 2.36. The lowest BCUT2D eigenvalue weighted by molar-refractivity contribution is -0.0452. The van der Waals surface area contributed by atoms with Crippen molar-refractivity contribution in [2.75, 3.05) is 12.8 Å². The van der Waals surface area contributed by atoms with Crippen LogP contribution in [-0.2, 0) is 10.3 Å². The Morgan fingerprint density at radius 2 is 2.27 bits per heavy atom. The first-order chi connectivity index (χ1) is 7.14. The standard InChI is InChI=1S/C10H16N2O2S/c1-14-7-2-4-10(13,5-3-7)8-6-12-9(11)15-8/h6-7,13H,2-5H2,1H3,(H2,11,12). The zero-order valence-corrected chi connectivity index (χ0v) is 9.59. The highest BCUT2D eigenvalue weighted by Crippen LogP contribution is 2.40. The van der Waals surface area contributed by atoms with Crippen LogP contribution in [0.25, 0.3) is 0 Å². The van der Waals surface area contributed by atoms with E-state index in [0.717, 1.165) is 30.6 Å². The summed E-state index contributed by atoms with van der Waals surface area (Å²) in [5.74, 6) is 0. The second kappa shape index (κ2) is 4.08. The van der Waals surface area contributed by atoms with Crippen molar-refractivity contribution in [3.63, 3.8) is 0 Å². The Hall–Kier alpha value is -0.650. The van der Waals surface area contributed by atoms with Crippen LogP contribution < -0.4 is 5.73 Å². The molecular formula is C10H16N2O2S. The van der Waals surface area contributed by atoms with Gasteiger partial charge in [-0.2, -0.15) is 0 Å². The Balaban J connectivity index is 2.09. The van der Waals surface area contributed by atoms with Gasteiger partial charge in [0, 0.05) is 13.3 Å². The molecule has 1 aliphatic rings. The van der Waals surface area contributed by atoms with Gasteiger partial charge in [0.1, 0.15) is 5.60 Å². The maximum Gasteiger partial charge on any atom is 0.180 e. The van der Waals surface area contributed by atoms with E-state index < -0.39 is 5.60 Å². The lowest BCUT2D eigenvalue weighted by Crippen LogP contribution is -2.33. The fraction of sp³-hybridized carbons (Fsp3) is 0.700. The molecule has 0 spiro atoms. The Morgan fingerprint density at radius 3 is 2.73 bits per heavy atom. The predicted molar refractivity (Wildman–Crippen MR) is 59.7 cm³/mol. The number of aliphatic hydroxyl groups is 1. The number of ether oxygens (including phenoxy) is 1. The molecule has 84 valence electrons. The summed E-state index contributed by atoms with van der Waals surface area (Å²) in [5, 5.41) is 10.9. The molecule has 0 atom stereocenters. The van der Waals surface area contributed by atoms with Crippen molar-refractivity contribution in [2.24, 2.45) is 0 Å². The third-order valence-corrected chi connectivity index (χ3v) is 4.10. The van der Waals surface area contributed by atoms with Gasteiger partial charge >= 0.3 is 0 Å². The molecule has 5 heteroatoms. The second-order valence-electron chi connectivity index (χ2n) is 4.03. The fourth-order valence-electron chi connectivity index (χ4n) is 2.05. The molecule has 0 bridgehead atoms. The van der Waals surface area contributed by atoms with Crippen molar-refractivity contribution in [3.8, 4) is 0 Å². The zero-order valence-electron chi connectivity index (χ0n) is 8.77. The molecule has 0 radical (unpaired) electrons. The fourth-order valence-corrected chi connectivity index (χ4v) is 2.88. The number of hydrogen-bond donors (Lipinski definition) is 2. The molecule has 1 saturated carbocycles. The Labute approximate surface area is 93.1 Å². The molecule has 0 amide bonds. The summed E-state index contributed by atoms with van der Waals surface area (Å²) < 4.78 is 5.28. The highest BCUT2D eigenvalue weighted by atomic mass is 32.1. The zero-order chi connectivity index (χ0) is 10.9. The Kier molecular flexibility index (Phi) is 2.95. The van der Waals surface area contributed by atoms with Gasteiger partial charge in [-0.05, 0) is 25.7 Å². The molecule has 0 saturated heterocycles. The van der Waals surface area contributed by atoms with Gasteiger partial charge in [0.25, 0.3) is 0 Å².